The summed E-state index contributed by atoms with van der Waals surface area (Å²) in [5.41, 5.74) is 0.616. The zero-order chi connectivity index (χ0) is 21.8. The number of aromatic nitrogens is 2. The zero-order valence-corrected chi connectivity index (χ0v) is 17.7. The van der Waals surface area contributed by atoms with E-state index >= 15 is 0 Å². The average molecular weight is 436 g/mol. The Labute approximate surface area is 183 Å². The molecule has 1 saturated heterocycles. The lowest BCUT2D eigenvalue weighted by atomic mass is 9.87. The van der Waals surface area contributed by atoms with Gasteiger partial charge in [0.15, 0.2) is 0 Å². The number of nitrogens with zero attached hydrogens (tertiary/aromatic N) is 3. The first kappa shape index (κ1) is 20.7. The molecule has 0 spiro atoms. The molecule has 1 fully saturated rings. The maximum atomic E-state index is 13.1. The van der Waals surface area contributed by atoms with Crippen LogP contribution >= 0.6 is 11.3 Å². The molecule has 4 amide bonds. The van der Waals surface area contributed by atoms with Crippen molar-refractivity contribution in [3.05, 3.63) is 76.8 Å². The zero-order valence-electron chi connectivity index (χ0n) is 16.9. The normalized spacial score (nSPS) is 18.2. The van der Waals surface area contributed by atoms with E-state index in [9.17, 15) is 14.4 Å². The maximum Gasteiger partial charge on any atom is 0.325 e. The second kappa shape index (κ2) is 8.65. The van der Waals surface area contributed by atoms with Crippen molar-refractivity contribution in [1.82, 2.24) is 20.4 Å². The lowest BCUT2D eigenvalue weighted by Crippen LogP contribution is -2.44. The quantitative estimate of drug-likeness (QED) is 0.555. The summed E-state index contributed by atoms with van der Waals surface area (Å²) < 4.78 is 0. The van der Waals surface area contributed by atoms with Crippen molar-refractivity contribution in [2.75, 3.05) is 11.9 Å². The van der Waals surface area contributed by atoms with Crippen LogP contribution in [0.2, 0.25) is 0 Å². The first-order valence-electron chi connectivity index (χ1n) is 9.87. The maximum absolute atomic E-state index is 13.1. The van der Waals surface area contributed by atoms with Crippen LogP contribution in [0.25, 0.3) is 0 Å². The standard InChI is InChI=1S/C22H21N5O3S/c1-2-22(16-11-7-4-8-12-16)19(29)27(21(30)24-22)14-17(28)23-20-26-25-18(31-20)13-15-9-5-3-6-10-15/h3-12H,2,13-14H2,1H3,(H,24,30)(H,23,26,28)/t22-/m0/s1. The molecule has 1 aromatic heterocycles. The van der Waals surface area contributed by atoms with Gasteiger partial charge in [-0.2, -0.15) is 0 Å². The van der Waals surface area contributed by atoms with E-state index in [1.54, 1.807) is 12.1 Å². The van der Waals surface area contributed by atoms with Crippen molar-refractivity contribution in [3.63, 3.8) is 0 Å². The molecule has 0 bridgehead atoms. The lowest BCUT2D eigenvalue weighted by molar-refractivity contribution is -0.134. The minimum atomic E-state index is -1.16. The third kappa shape index (κ3) is 4.17. The molecule has 4 rings (SSSR count). The molecular formula is C22H21N5O3S. The molecule has 3 aromatic rings. The topological polar surface area (TPSA) is 104 Å². The van der Waals surface area contributed by atoms with Crippen LogP contribution in [0.3, 0.4) is 0 Å². The molecule has 1 atom stereocenters. The molecule has 1 aliphatic rings. The monoisotopic (exact) mass is 435 g/mol. The predicted octanol–water partition coefficient (Wildman–Crippen LogP) is 2.92. The number of benzene rings is 2. The molecule has 8 nitrogen and oxygen atoms in total. The van der Waals surface area contributed by atoms with E-state index in [4.69, 9.17) is 0 Å². The van der Waals surface area contributed by atoms with E-state index in [2.05, 4.69) is 20.8 Å². The number of carbonyl (C=O) groups excluding carboxylic acids is 3. The van der Waals surface area contributed by atoms with Crippen molar-refractivity contribution in [2.24, 2.45) is 0 Å². The van der Waals surface area contributed by atoms with Crippen molar-refractivity contribution in [2.45, 2.75) is 25.3 Å². The van der Waals surface area contributed by atoms with Crippen molar-refractivity contribution in [3.8, 4) is 0 Å². The van der Waals surface area contributed by atoms with E-state index in [1.807, 2.05) is 55.5 Å². The SMILES string of the molecule is CC[C@@]1(c2ccccc2)NC(=O)N(CC(=O)Nc2nnc(Cc3ccccc3)s2)C1=O. The van der Waals surface area contributed by atoms with Gasteiger partial charge >= 0.3 is 6.03 Å². The Hall–Kier alpha value is -3.59. The molecule has 2 aromatic carbocycles. The molecule has 2 heterocycles. The Morgan fingerprint density at radius 2 is 1.74 bits per heavy atom. The number of carbonyl (C=O) groups is 3. The van der Waals surface area contributed by atoms with Gasteiger partial charge in [-0.1, -0.05) is 78.9 Å². The fourth-order valence-corrected chi connectivity index (χ4v) is 4.37. The Balaban J connectivity index is 1.42. The van der Waals surface area contributed by atoms with Gasteiger partial charge in [-0.15, -0.1) is 10.2 Å². The van der Waals surface area contributed by atoms with Crippen LogP contribution in [-0.2, 0) is 21.5 Å². The second-order valence-electron chi connectivity index (χ2n) is 7.16. The van der Waals surface area contributed by atoms with Gasteiger partial charge in [0, 0.05) is 6.42 Å². The average Bonchev–Trinajstić information content (AvgIpc) is 3.32. The van der Waals surface area contributed by atoms with Crippen LogP contribution in [0.4, 0.5) is 9.93 Å². The van der Waals surface area contributed by atoms with Crippen LogP contribution in [-0.4, -0.2) is 39.5 Å². The van der Waals surface area contributed by atoms with Crippen LogP contribution in [0, 0.1) is 0 Å². The third-order valence-corrected chi connectivity index (χ3v) is 6.02. The van der Waals surface area contributed by atoms with Crippen LogP contribution in [0.15, 0.2) is 60.7 Å². The van der Waals surface area contributed by atoms with Crippen LogP contribution in [0.1, 0.15) is 29.5 Å². The minimum absolute atomic E-state index is 0.327. The highest BCUT2D eigenvalue weighted by molar-refractivity contribution is 7.15. The smallest absolute Gasteiger partial charge is 0.319 e. The highest BCUT2D eigenvalue weighted by atomic mass is 32.1. The van der Waals surface area contributed by atoms with Gasteiger partial charge in [0.25, 0.3) is 5.91 Å². The summed E-state index contributed by atoms with van der Waals surface area (Å²) in [6.07, 6.45) is 0.983. The van der Waals surface area contributed by atoms with Crippen molar-refractivity contribution >= 4 is 34.3 Å². The fourth-order valence-electron chi connectivity index (χ4n) is 3.58. The summed E-state index contributed by atoms with van der Waals surface area (Å²) >= 11 is 1.26. The number of nitrogens with one attached hydrogen (secondary N) is 2. The summed E-state index contributed by atoms with van der Waals surface area (Å²) in [6, 6.07) is 18.3. The molecule has 9 heteroatoms. The van der Waals surface area contributed by atoms with Crippen LogP contribution in [0.5, 0.6) is 0 Å². The van der Waals surface area contributed by atoms with Gasteiger partial charge in [-0.3, -0.25) is 19.8 Å². The number of rotatable bonds is 7. The van der Waals surface area contributed by atoms with Crippen molar-refractivity contribution < 1.29 is 14.4 Å². The molecule has 0 saturated carbocycles. The highest BCUT2D eigenvalue weighted by Crippen LogP contribution is 2.32. The number of hydrogen-bond acceptors (Lipinski definition) is 6. The first-order valence-corrected chi connectivity index (χ1v) is 10.7. The lowest BCUT2D eigenvalue weighted by Gasteiger charge is -2.25. The number of anilines is 1. The van der Waals surface area contributed by atoms with Gasteiger partial charge < -0.3 is 5.32 Å². The van der Waals surface area contributed by atoms with E-state index < -0.39 is 29.9 Å². The summed E-state index contributed by atoms with van der Waals surface area (Å²) in [4.78, 5) is 39.1. The number of imide groups is 1. The second-order valence-corrected chi connectivity index (χ2v) is 8.22. The van der Waals surface area contributed by atoms with Gasteiger partial charge in [-0.05, 0) is 17.5 Å². The number of urea groups is 1. The largest absolute Gasteiger partial charge is 0.325 e. The van der Waals surface area contributed by atoms with Gasteiger partial charge in [-0.25, -0.2) is 4.79 Å². The molecule has 2 N–H and O–H groups in total. The molecule has 0 aliphatic carbocycles. The minimum Gasteiger partial charge on any atom is -0.319 e. The van der Waals surface area contributed by atoms with Crippen LogP contribution < -0.4 is 10.6 Å². The molecule has 158 valence electrons. The molecule has 0 radical (unpaired) electrons. The van der Waals surface area contributed by atoms with Gasteiger partial charge in [0.2, 0.25) is 11.0 Å². The summed E-state index contributed by atoms with van der Waals surface area (Å²) in [6.45, 7) is 1.43. The summed E-state index contributed by atoms with van der Waals surface area (Å²) in [5, 5.41) is 14.6. The predicted molar refractivity (Wildman–Crippen MR) is 116 cm³/mol. The highest BCUT2D eigenvalue weighted by Gasteiger charge is 2.51. The fraction of sp³-hybridized carbons (Fsp3) is 0.227. The van der Waals surface area contributed by atoms with Crippen molar-refractivity contribution in [1.29, 1.82) is 0 Å². The van der Waals surface area contributed by atoms with Gasteiger partial charge in [0.1, 0.15) is 17.1 Å². The van der Waals surface area contributed by atoms with E-state index in [0.29, 0.717) is 23.5 Å². The number of amides is 4. The first-order chi connectivity index (χ1) is 15.0. The molecule has 31 heavy (non-hydrogen) atoms. The Kier molecular flexibility index (Phi) is 5.77. The third-order valence-electron chi connectivity index (χ3n) is 5.19. The summed E-state index contributed by atoms with van der Waals surface area (Å²) in [5.74, 6) is -0.950. The Morgan fingerprint density at radius 1 is 1.06 bits per heavy atom. The molecular weight excluding hydrogens is 414 g/mol. The summed E-state index contributed by atoms with van der Waals surface area (Å²) in [7, 11) is 0. The van der Waals surface area contributed by atoms with E-state index in [1.165, 1.54) is 11.3 Å². The van der Waals surface area contributed by atoms with Gasteiger partial charge in [0.05, 0.1) is 0 Å². The van der Waals surface area contributed by atoms with E-state index in [0.717, 1.165) is 15.5 Å². The van der Waals surface area contributed by atoms with E-state index in [-0.39, 0.29) is 0 Å². The number of hydrogen-bond donors (Lipinski definition) is 2. The Bertz CT molecular complexity index is 1100. The molecule has 0 unspecified atom stereocenters. The molecule has 1 aliphatic heterocycles. The Morgan fingerprint density at radius 3 is 2.42 bits per heavy atom.